The molecule has 2 atom stereocenters. The van der Waals surface area contributed by atoms with Crippen LogP contribution in [0.15, 0.2) is 48.5 Å². The van der Waals surface area contributed by atoms with E-state index in [4.69, 9.17) is 0 Å². The monoisotopic (exact) mass is 428 g/mol. The Morgan fingerprint density at radius 3 is 2.52 bits per heavy atom. The van der Waals surface area contributed by atoms with Crippen LogP contribution in [0.2, 0.25) is 0 Å². The van der Waals surface area contributed by atoms with E-state index in [0.29, 0.717) is 24.6 Å². The molecule has 0 aliphatic carbocycles. The molecule has 2 aromatic rings. The smallest absolute Gasteiger partial charge is 0.227 e. The summed E-state index contributed by atoms with van der Waals surface area (Å²) < 4.78 is 41.2. The highest BCUT2D eigenvalue weighted by molar-refractivity contribution is 5.79. The number of nitrogens with zero attached hydrogens (tertiary/aromatic N) is 2. The Morgan fingerprint density at radius 2 is 1.77 bits per heavy atom. The number of halogens is 3. The van der Waals surface area contributed by atoms with E-state index < -0.39 is 17.5 Å². The second-order valence-corrected chi connectivity index (χ2v) is 8.44. The fraction of sp³-hybridized carbons (Fsp3) is 0.400. The van der Waals surface area contributed by atoms with E-state index in [1.807, 2.05) is 18.2 Å². The summed E-state index contributed by atoms with van der Waals surface area (Å²) in [6.07, 6.45) is 6.70. The summed E-state index contributed by atoms with van der Waals surface area (Å²) in [5.41, 5.74) is 0.823. The van der Waals surface area contributed by atoms with Crippen LogP contribution < -0.4 is 0 Å². The predicted octanol–water partition coefficient (Wildman–Crippen LogP) is 4.67. The fourth-order valence-electron chi connectivity index (χ4n) is 4.85. The van der Waals surface area contributed by atoms with Crippen molar-refractivity contribution in [1.29, 1.82) is 0 Å². The summed E-state index contributed by atoms with van der Waals surface area (Å²) in [7, 11) is 0. The van der Waals surface area contributed by atoms with Crippen LogP contribution >= 0.6 is 0 Å². The number of carbonyl (C=O) groups is 1. The molecule has 0 N–H and O–H groups in total. The average Bonchev–Trinajstić information content (AvgIpc) is 2.76. The number of hydrogen-bond donors (Lipinski definition) is 0. The van der Waals surface area contributed by atoms with Gasteiger partial charge >= 0.3 is 0 Å². The Bertz CT molecular complexity index is 924. The first-order chi connectivity index (χ1) is 15.0. The van der Waals surface area contributed by atoms with E-state index >= 15 is 0 Å². The van der Waals surface area contributed by atoms with Crippen molar-refractivity contribution in [3.05, 3.63) is 77.1 Å². The van der Waals surface area contributed by atoms with Gasteiger partial charge in [-0.1, -0.05) is 42.5 Å². The van der Waals surface area contributed by atoms with Gasteiger partial charge in [-0.05, 0) is 30.7 Å². The molecular formula is C25H27F3N2O. The van der Waals surface area contributed by atoms with E-state index in [0.717, 1.165) is 38.9 Å². The van der Waals surface area contributed by atoms with Crippen molar-refractivity contribution in [2.45, 2.75) is 31.7 Å². The number of rotatable bonds is 5. The first-order valence-electron chi connectivity index (χ1n) is 10.9. The number of amides is 1. The van der Waals surface area contributed by atoms with Gasteiger partial charge < -0.3 is 4.90 Å². The number of carbonyl (C=O) groups excluding carboxylic acids is 1. The zero-order valence-corrected chi connectivity index (χ0v) is 17.4. The molecule has 0 spiro atoms. The van der Waals surface area contributed by atoms with Gasteiger partial charge in [0.1, 0.15) is 17.5 Å². The Balaban J connectivity index is 1.36. The molecule has 2 aliphatic rings. The normalized spacial score (nSPS) is 22.0. The lowest BCUT2D eigenvalue weighted by atomic mass is 9.83. The van der Waals surface area contributed by atoms with Crippen molar-refractivity contribution < 1.29 is 18.0 Å². The Kier molecular flexibility index (Phi) is 6.76. The van der Waals surface area contributed by atoms with Gasteiger partial charge in [-0.15, -0.1) is 0 Å². The van der Waals surface area contributed by atoms with E-state index in [2.05, 4.69) is 29.2 Å². The molecule has 0 unspecified atom stereocenters. The summed E-state index contributed by atoms with van der Waals surface area (Å²) in [4.78, 5) is 17.1. The van der Waals surface area contributed by atoms with Gasteiger partial charge in [0, 0.05) is 49.9 Å². The highest BCUT2D eigenvalue weighted by Crippen LogP contribution is 2.31. The lowest BCUT2D eigenvalue weighted by Crippen LogP contribution is -2.56. The molecule has 0 bridgehead atoms. The second-order valence-electron chi connectivity index (χ2n) is 8.44. The maximum absolute atomic E-state index is 14.0. The SMILES string of the molecule is O=C(Cc1c(F)cc(F)cc1F)N1CCC[C@@H]2CN(C/C=C/c3ccccc3)CC[C@H]21. The van der Waals surface area contributed by atoms with Gasteiger partial charge in [0.25, 0.3) is 0 Å². The van der Waals surface area contributed by atoms with Gasteiger partial charge in [-0.2, -0.15) is 0 Å². The maximum Gasteiger partial charge on any atom is 0.227 e. The van der Waals surface area contributed by atoms with E-state index in [-0.39, 0.29) is 23.9 Å². The number of fused-ring (bicyclic) bond motifs is 1. The highest BCUT2D eigenvalue weighted by atomic mass is 19.1. The zero-order valence-electron chi connectivity index (χ0n) is 17.4. The minimum atomic E-state index is -1.00. The minimum Gasteiger partial charge on any atom is -0.339 e. The van der Waals surface area contributed by atoms with Crippen molar-refractivity contribution in [2.24, 2.45) is 5.92 Å². The average molecular weight is 428 g/mol. The van der Waals surface area contributed by atoms with Gasteiger partial charge in [-0.25, -0.2) is 13.2 Å². The first-order valence-corrected chi connectivity index (χ1v) is 10.9. The lowest BCUT2D eigenvalue weighted by molar-refractivity contribution is -0.137. The van der Waals surface area contributed by atoms with E-state index in [9.17, 15) is 18.0 Å². The van der Waals surface area contributed by atoms with Crippen molar-refractivity contribution >= 4 is 12.0 Å². The molecule has 2 aliphatic heterocycles. The van der Waals surface area contributed by atoms with Crippen molar-refractivity contribution in [3.8, 4) is 0 Å². The van der Waals surface area contributed by atoms with Crippen molar-refractivity contribution in [2.75, 3.05) is 26.2 Å². The molecule has 2 fully saturated rings. The summed E-state index contributed by atoms with van der Waals surface area (Å²) in [5, 5.41) is 0. The van der Waals surface area contributed by atoms with Crippen LogP contribution in [0.1, 0.15) is 30.4 Å². The molecule has 0 saturated carbocycles. The van der Waals surface area contributed by atoms with Crippen LogP contribution in [-0.2, 0) is 11.2 Å². The molecule has 0 radical (unpaired) electrons. The van der Waals surface area contributed by atoms with E-state index in [1.54, 1.807) is 4.90 Å². The summed E-state index contributed by atoms with van der Waals surface area (Å²) >= 11 is 0. The fourth-order valence-corrected chi connectivity index (χ4v) is 4.85. The first kappa shape index (κ1) is 21.6. The molecule has 0 aromatic heterocycles. The minimum absolute atomic E-state index is 0.0992. The Hall–Kier alpha value is -2.60. The standard InChI is InChI=1S/C25H27F3N2O/c26-20-14-22(27)21(23(28)15-20)16-25(31)30-12-5-9-19-17-29(13-10-24(19)30)11-4-8-18-6-2-1-3-7-18/h1-4,6-8,14-15,19,24H,5,9-13,16-17H2/b8-4+/t19-,24-/m1/s1. The molecule has 3 nitrogen and oxygen atoms in total. The number of benzene rings is 2. The van der Waals surface area contributed by atoms with E-state index in [1.165, 1.54) is 5.56 Å². The third-order valence-electron chi connectivity index (χ3n) is 6.38. The van der Waals surface area contributed by atoms with Crippen LogP contribution in [0.5, 0.6) is 0 Å². The zero-order chi connectivity index (χ0) is 21.8. The van der Waals surface area contributed by atoms with Crippen molar-refractivity contribution in [3.63, 3.8) is 0 Å². The summed E-state index contributed by atoms with van der Waals surface area (Å²) in [5.74, 6) is -2.90. The van der Waals surface area contributed by atoms with Crippen LogP contribution in [-0.4, -0.2) is 47.9 Å². The molecular weight excluding hydrogens is 401 g/mol. The quantitative estimate of drug-likeness (QED) is 0.691. The number of likely N-dealkylation sites (tertiary alicyclic amines) is 2. The molecule has 2 aromatic carbocycles. The molecule has 4 rings (SSSR count). The lowest BCUT2D eigenvalue weighted by Gasteiger charge is -2.47. The van der Waals surface area contributed by atoms with Crippen LogP contribution in [0.25, 0.3) is 6.08 Å². The maximum atomic E-state index is 14.0. The molecule has 31 heavy (non-hydrogen) atoms. The van der Waals surface area contributed by atoms with Gasteiger partial charge in [0.15, 0.2) is 0 Å². The van der Waals surface area contributed by atoms with Gasteiger partial charge in [-0.3, -0.25) is 9.69 Å². The largest absolute Gasteiger partial charge is 0.339 e. The number of piperidine rings is 2. The summed E-state index contributed by atoms with van der Waals surface area (Å²) in [6, 6.07) is 11.5. The Morgan fingerprint density at radius 1 is 1.03 bits per heavy atom. The molecule has 1 amide bonds. The number of hydrogen-bond acceptors (Lipinski definition) is 2. The van der Waals surface area contributed by atoms with Crippen LogP contribution in [0, 0.1) is 23.4 Å². The van der Waals surface area contributed by atoms with Crippen LogP contribution in [0.3, 0.4) is 0 Å². The Labute approximate surface area is 181 Å². The summed E-state index contributed by atoms with van der Waals surface area (Å²) in [6.45, 7) is 3.26. The third kappa shape index (κ3) is 5.18. The molecule has 6 heteroatoms. The van der Waals surface area contributed by atoms with Gasteiger partial charge in [0.2, 0.25) is 5.91 Å². The third-order valence-corrected chi connectivity index (χ3v) is 6.38. The van der Waals surface area contributed by atoms with Crippen LogP contribution in [0.4, 0.5) is 13.2 Å². The topological polar surface area (TPSA) is 23.6 Å². The van der Waals surface area contributed by atoms with Gasteiger partial charge in [0.05, 0.1) is 6.42 Å². The molecule has 2 heterocycles. The van der Waals surface area contributed by atoms with Crippen molar-refractivity contribution in [1.82, 2.24) is 9.80 Å². The predicted molar refractivity (Wildman–Crippen MR) is 115 cm³/mol. The highest BCUT2D eigenvalue weighted by Gasteiger charge is 2.38. The molecule has 2 saturated heterocycles. The molecule has 164 valence electrons. The second kappa shape index (κ2) is 9.69.